The summed E-state index contributed by atoms with van der Waals surface area (Å²) >= 11 is 0. The van der Waals surface area contributed by atoms with Crippen LogP contribution in [-0.2, 0) is 11.3 Å². The molecule has 7 heteroatoms. The van der Waals surface area contributed by atoms with E-state index in [4.69, 9.17) is 0 Å². The molecule has 7 nitrogen and oxygen atoms in total. The maximum atomic E-state index is 12.0. The number of urea groups is 1. The number of carbonyl (C=O) groups excluding carboxylic acids is 2. The molecule has 0 saturated heterocycles. The van der Waals surface area contributed by atoms with Crippen molar-refractivity contribution in [2.75, 3.05) is 17.2 Å². The number of hydrogen-bond donors (Lipinski definition) is 3. The summed E-state index contributed by atoms with van der Waals surface area (Å²) in [6.45, 7) is 3.07. The van der Waals surface area contributed by atoms with Gasteiger partial charge in [0.1, 0.15) is 0 Å². The van der Waals surface area contributed by atoms with Gasteiger partial charge in [-0.25, -0.2) is 9.78 Å². The molecule has 1 fully saturated rings. The molecule has 3 amide bonds. The van der Waals surface area contributed by atoms with Crippen LogP contribution in [0.15, 0.2) is 36.9 Å². The Kier molecular flexibility index (Phi) is 4.79. The van der Waals surface area contributed by atoms with Gasteiger partial charge in [-0.2, -0.15) is 0 Å². The molecule has 0 atom stereocenters. The third kappa shape index (κ3) is 4.34. The van der Waals surface area contributed by atoms with Crippen molar-refractivity contribution >= 4 is 23.3 Å². The predicted octanol–water partition coefficient (Wildman–Crippen LogP) is 2.36. The second-order valence-corrected chi connectivity index (χ2v) is 5.97. The van der Waals surface area contributed by atoms with Crippen LogP contribution >= 0.6 is 0 Å². The average molecular weight is 327 g/mol. The van der Waals surface area contributed by atoms with Crippen LogP contribution in [0.3, 0.4) is 0 Å². The van der Waals surface area contributed by atoms with Crippen LogP contribution in [0.1, 0.15) is 18.4 Å². The van der Waals surface area contributed by atoms with E-state index in [0.717, 1.165) is 18.4 Å². The fourth-order valence-corrected chi connectivity index (χ4v) is 2.31. The molecular formula is C17H21N5O2. The molecule has 3 rings (SSSR count). The molecule has 1 aliphatic carbocycles. The molecule has 1 aromatic carbocycles. The molecule has 1 aromatic heterocycles. The van der Waals surface area contributed by atoms with Crippen molar-refractivity contribution in [3.63, 3.8) is 0 Å². The van der Waals surface area contributed by atoms with Crippen molar-refractivity contribution in [3.05, 3.63) is 42.5 Å². The number of carbonyl (C=O) groups is 2. The molecule has 0 spiro atoms. The number of amides is 3. The first-order valence-electron chi connectivity index (χ1n) is 8.04. The maximum Gasteiger partial charge on any atom is 0.319 e. The first-order valence-corrected chi connectivity index (χ1v) is 8.04. The lowest BCUT2D eigenvalue weighted by molar-refractivity contribution is -0.117. The molecular weight excluding hydrogens is 306 g/mol. The molecule has 126 valence electrons. The molecule has 2 aromatic rings. The summed E-state index contributed by atoms with van der Waals surface area (Å²) < 4.78 is 1.89. The zero-order valence-electron chi connectivity index (χ0n) is 13.6. The second-order valence-electron chi connectivity index (χ2n) is 5.97. The highest BCUT2D eigenvalue weighted by Gasteiger charge is 2.29. The van der Waals surface area contributed by atoms with E-state index >= 15 is 0 Å². The second kappa shape index (κ2) is 7.16. The molecule has 1 aliphatic rings. The number of nitrogens with zero attached hydrogens (tertiary/aromatic N) is 2. The molecule has 0 unspecified atom stereocenters. The van der Waals surface area contributed by atoms with Crippen molar-refractivity contribution in [2.24, 2.45) is 5.92 Å². The van der Waals surface area contributed by atoms with Crippen molar-refractivity contribution in [1.29, 1.82) is 0 Å². The molecule has 1 heterocycles. The fraction of sp³-hybridized carbons (Fsp3) is 0.353. The van der Waals surface area contributed by atoms with E-state index in [2.05, 4.69) is 20.9 Å². The Morgan fingerprint density at radius 3 is 2.83 bits per heavy atom. The van der Waals surface area contributed by atoms with Gasteiger partial charge in [0, 0.05) is 42.8 Å². The smallest absolute Gasteiger partial charge is 0.319 e. The molecule has 1 saturated carbocycles. The van der Waals surface area contributed by atoms with Gasteiger partial charge >= 0.3 is 6.03 Å². The van der Waals surface area contributed by atoms with Gasteiger partial charge in [0.15, 0.2) is 0 Å². The first-order chi connectivity index (χ1) is 11.6. The Bertz CT molecular complexity index is 723. The SMILES string of the molecule is Cc1ccc(NC(=O)C2CC2)cc1NC(=O)NCCn1ccnc1. The Morgan fingerprint density at radius 1 is 1.29 bits per heavy atom. The quantitative estimate of drug-likeness (QED) is 0.761. The Morgan fingerprint density at radius 2 is 2.12 bits per heavy atom. The standard InChI is InChI=1S/C17H21N5O2/c1-12-2-5-14(20-16(23)13-3-4-13)10-15(12)21-17(24)19-7-9-22-8-6-18-11-22/h2,5-6,8,10-11,13H,3-4,7,9H2,1H3,(H,20,23)(H2,19,21,24). The van der Waals surface area contributed by atoms with Gasteiger partial charge in [0.25, 0.3) is 0 Å². The molecule has 0 aliphatic heterocycles. The summed E-state index contributed by atoms with van der Waals surface area (Å²) in [6, 6.07) is 5.23. The van der Waals surface area contributed by atoms with Gasteiger partial charge in [-0.15, -0.1) is 0 Å². The van der Waals surface area contributed by atoms with Gasteiger partial charge in [0.2, 0.25) is 5.91 Å². The van der Waals surface area contributed by atoms with Crippen molar-refractivity contribution < 1.29 is 9.59 Å². The summed E-state index contributed by atoms with van der Waals surface area (Å²) in [6.07, 6.45) is 7.17. The topological polar surface area (TPSA) is 88.0 Å². The number of anilines is 2. The van der Waals surface area contributed by atoms with Crippen LogP contribution in [0.25, 0.3) is 0 Å². The van der Waals surface area contributed by atoms with E-state index in [1.165, 1.54) is 0 Å². The predicted molar refractivity (Wildman–Crippen MR) is 91.8 cm³/mol. The monoisotopic (exact) mass is 327 g/mol. The summed E-state index contributed by atoms with van der Waals surface area (Å²) in [5, 5.41) is 8.51. The molecule has 3 N–H and O–H groups in total. The van der Waals surface area contributed by atoms with Gasteiger partial charge in [-0.05, 0) is 37.5 Å². The normalized spacial score (nSPS) is 13.4. The first kappa shape index (κ1) is 16.0. The Balaban J connectivity index is 1.52. The average Bonchev–Trinajstić information content (AvgIpc) is 3.28. The third-order valence-corrected chi connectivity index (χ3v) is 3.92. The lowest BCUT2D eigenvalue weighted by atomic mass is 10.1. The largest absolute Gasteiger partial charge is 0.336 e. The fourth-order valence-electron chi connectivity index (χ4n) is 2.31. The van der Waals surface area contributed by atoms with Crippen LogP contribution < -0.4 is 16.0 Å². The van der Waals surface area contributed by atoms with E-state index in [0.29, 0.717) is 24.5 Å². The summed E-state index contributed by atoms with van der Waals surface area (Å²) in [4.78, 5) is 27.8. The summed E-state index contributed by atoms with van der Waals surface area (Å²) in [5.41, 5.74) is 2.32. The Labute approximate surface area is 140 Å². The van der Waals surface area contributed by atoms with Gasteiger partial charge in [0.05, 0.1) is 6.33 Å². The zero-order valence-corrected chi connectivity index (χ0v) is 13.6. The lowest BCUT2D eigenvalue weighted by Gasteiger charge is -2.12. The highest BCUT2D eigenvalue weighted by molar-refractivity contribution is 5.96. The van der Waals surface area contributed by atoms with E-state index < -0.39 is 0 Å². The van der Waals surface area contributed by atoms with Crippen molar-refractivity contribution in [3.8, 4) is 0 Å². The number of imidazole rings is 1. The summed E-state index contributed by atoms with van der Waals surface area (Å²) in [7, 11) is 0. The van der Waals surface area contributed by atoms with E-state index in [1.54, 1.807) is 18.6 Å². The van der Waals surface area contributed by atoms with Gasteiger partial charge < -0.3 is 20.5 Å². The minimum absolute atomic E-state index is 0.0505. The minimum atomic E-state index is -0.274. The highest BCUT2D eigenvalue weighted by Crippen LogP contribution is 2.30. The molecule has 0 radical (unpaired) electrons. The highest BCUT2D eigenvalue weighted by atomic mass is 16.2. The third-order valence-electron chi connectivity index (χ3n) is 3.92. The van der Waals surface area contributed by atoms with E-state index in [9.17, 15) is 9.59 Å². The zero-order chi connectivity index (χ0) is 16.9. The van der Waals surface area contributed by atoms with E-state index in [1.807, 2.05) is 29.8 Å². The van der Waals surface area contributed by atoms with Crippen LogP contribution in [0.4, 0.5) is 16.2 Å². The number of hydrogen-bond acceptors (Lipinski definition) is 3. The minimum Gasteiger partial charge on any atom is -0.336 e. The van der Waals surface area contributed by atoms with Crippen LogP contribution in [0.5, 0.6) is 0 Å². The number of benzene rings is 1. The lowest BCUT2D eigenvalue weighted by Crippen LogP contribution is -2.31. The Hall–Kier alpha value is -2.83. The van der Waals surface area contributed by atoms with Crippen LogP contribution in [-0.4, -0.2) is 28.0 Å². The maximum absolute atomic E-state index is 12.0. The number of aromatic nitrogens is 2. The molecule has 0 bridgehead atoms. The van der Waals surface area contributed by atoms with Gasteiger partial charge in [-0.1, -0.05) is 6.07 Å². The number of rotatable bonds is 6. The summed E-state index contributed by atoms with van der Waals surface area (Å²) in [5.74, 6) is 0.198. The number of nitrogens with one attached hydrogen (secondary N) is 3. The van der Waals surface area contributed by atoms with Crippen molar-refractivity contribution in [1.82, 2.24) is 14.9 Å². The van der Waals surface area contributed by atoms with Gasteiger partial charge in [-0.3, -0.25) is 4.79 Å². The number of aryl methyl sites for hydroxylation is 1. The van der Waals surface area contributed by atoms with Crippen LogP contribution in [0.2, 0.25) is 0 Å². The van der Waals surface area contributed by atoms with Crippen molar-refractivity contribution in [2.45, 2.75) is 26.3 Å². The van der Waals surface area contributed by atoms with Crippen LogP contribution in [0, 0.1) is 12.8 Å². The molecule has 24 heavy (non-hydrogen) atoms. The van der Waals surface area contributed by atoms with E-state index in [-0.39, 0.29) is 17.9 Å².